The van der Waals surface area contributed by atoms with Crippen LogP contribution in [0.5, 0.6) is 11.5 Å². The lowest BCUT2D eigenvalue weighted by Gasteiger charge is -2.31. The number of unbranched alkanes of at least 4 members (excludes halogenated alkanes) is 1. The zero-order chi connectivity index (χ0) is 32.6. The largest absolute Gasteiger partial charge is 0.493 e. The van der Waals surface area contributed by atoms with Gasteiger partial charge in [0.05, 0.1) is 28.6 Å². The van der Waals surface area contributed by atoms with Crippen molar-refractivity contribution in [3.05, 3.63) is 86.2 Å². The van der Waals surface area contributed by atoms with E-state index in [2.05, 4.69) is 5.32 Å². The molecule has 1 aliphatic heterocycles. The van der Waals surface area contributed by atoms with Crippen molar-refractivity contribution in [3.8, 4) is 11.5 Å². The number of halogens is 4. The third-order valence-corrected chi connectivity index (χ3v) is 6.73. The van der Waals surface area contributed by atoms with Crippen molar-refractivity contribution in [3.63, 3.8) is 0 Å². The molecule has 0 bridgehead atoms. The molecule has 0 saturated heterocycles. The average molecular weight is 660 g/mol. The molecular weight excluding hydrogens is 627 g/mol. The maximum atomic E-state index is 13.9. The second kappa shape index (κ2) is 16.1. The molecular formula is C29H33ClF3N3O9. The van der Waals surface area contributed by atoms with Crippen LogP contribution in [-0.2, 0) is 9.59 Å². The van der Waals surface area contributed by atoms with E-state index in [1.54, 1.807) is 6.07 Å². The minimum atomic E-state index is -5.20. The summed E-state index contributed by atoms with van der Waals surface area (Å²) in [6.45, 7) is 3.67. The zero-order valence-corrected chi connectivity index (χ0v) is 25.0. The molecule has 0 spiro atoms. The zero-order valence-electron chi connectivity index (χ0n) is 24.2. The van der Waals surface area contributed by atoms with Crippen molar-refractivity contribution in [2.45, 2.75) is 44.9 Å². The average Bonchev–Trinajstić information content (AvgIpc) is 2.94. The molecule has 0 aromatic heterocycles. The lowest BCUT2D eigenvalue weighted by atomic mass is 9.79. The number of nitrogens with one attached hydrogen (secondary N) is 2. The lowest BCUT2D eigenvalue weighted by molar-refractivity contribution is -0.384. The van der Waals surface area contributed by atoms with Gasteiger partial charge in [0.1, 0.15) is 29.9 Å². The molecule has 2 aromatic rings. The van der Waals surface area contributed by atoms with E-state index >= 15 is 0 Å². The number of alkyl halides is 3. The normalized spacial score (nSPS) is 15.6. The number of ether oxygens (including phenoxy) is 2. The Morgan fingerprint density at radius 2 is 1.71 bits per heavy atom. The van der Waals surface area contributed by atoms with Gasteiger partial charge in [0.15, 0.2) is 0 Å². The second-order valence-electron chi connectivity index (χ2n) is 9.96. The number of carboxylic acids is 2. The van der Waals surface area contributed by atoms with E-state index in [0.29, 0.717) is 25.1 Å². The number of benzene rings is 2. The van der Waals surface area contributed by atoms with Gasteiger partial charge < -0.3 is 35.4 Å². The molecule has 0 fully saturated rings. The van der Waals surface area contributed by atoms with E-state index in [1.165, 1.54) is 0 Å². The first-order valence-corrected chi connectivity index (χ1v) is 13.5. The van der Waals surface area contributed by atoms with E-state index < -0.39 is 68.9 Å². The Morgan fingerprint density at radius 3 is 2.31 bits per heavy atom. The van der Waals surface area contributed by atoms with Crippen LogP contribution in [0.15, 0.2) is 65.0 Å². The van der Waals surface area contributed by atoms with Gasteiger partial charge in [-0.15, -0.1) is 12.4 Å². The Kier molecular flexibility index (Phi) is 13.2. The summed E-state index contributed by atoms with van der Waals surface area (Å²) in [5.41, 5.74) is -4.30. The Bertz CT molecular complexity index is 1460. The van der Waals surface area contributed by atoms with Crippen LogP contribution in [0, 0.1) is 17.0 Å². The van der Waals surface area contributed by atoms with Gasteiger partial charge >= 0.3 is 18.1 Å². The van der Waals surface area contributed by atoms with Gasteiger partial charge in [0.25, 0.3) is 5.69 Å². The molecule has 0 radical (unpaired) electrons. The van der Waals surface area contributed by atoms with Crippen LogP contribution in [0.4, 0.5) is 18.9 Å². The SMILES string of the molecule is CC1=C(C(=O)O)C(c2cc([N+](=O)[O-])ccc2OCCCCNC[C@H](O)COc2ccccc2C)C(C(=O)O)=C(C(F)(F)F)N1.Cl. The molecule has 3 rings (SSSR count). The fourth-order valence-electron chi connectivity index (χ4n) is 4.65. The number of aliphatic hydroxyl groups is 1. The number of nitro groups is 1. The molecule has 45 heavy (non-hydrogen) atoms. The van der Waals surface area contributed by atoms with E-state index in [4.69, 9.17) is 9.47 Å². The highest BCUT2D eigenvalue weighted by Crippen LogP contribution is 2.46. The minimum Gasteiger partial charge on any atom is -0.493 e. The molecule has 16 heteroatoms. The Hall–Kier alpha value is -4.34. The quantitative estimate of drug-likeness (QED) is 0.103. The van der Waals surface area contributed by atoms with Gasteiger partial charge in [-0.1, -0.05) is 18.2 Å². The number of rotatable bonds is 15. The maximum absolute atomic E-state index is 13.9. The molecule has 246 valence electrons. The number of aliphatic carboxylic acids is 2. The number of para-hydroxylation sites is 1. The number of nitrogens with zero attached hydrogens (tertiary/aromatic N) is 1. The molecule has 0 saturated carbocycles. The fraction of sp³-hybridized carbons (Fsp3) is 0.379. The van der Waals surface area contributed by atoms with E-state index in [9.17, 15) is 48.2 Å². The highest BCUT2D eigenvalue weighted by Gasteiger charge is 2.47. The van der Waals surface area contributed by atoms with E-state index in [-0.39, 0.29) is 37.9 Å². The van der Waals surface area contributed by atoms with Crippen molar-refractivity contribution in [2.75, 3.05) is 26.3 Å². The number of nitro benzene ring substituents is 1. The summed E-state index contributed by atoms with van der Waals surface area (Å²) in [6, 6.07) is 10.3. The van der Waals surface area contributed by atoms with Crippen molar-refractivity contribution in [2.24, 2.45) is 0 Å². The van der Waals surface area contributed by atoms with Crippen LogP contribution in [-0.4, -0.2) is 70.8 Å². The fourth-order valence-corrected chi connectivity index (χ4v) is 4.65. The van der Waals surface area contributed by atoms with Crippen LogP contribution in [0.2, 0.25) is 0 Å². The molecule has 5 N–H and O–H groups in total. The molecule has 2 aromatic carbocycles. The Morgan fingerprint density at radius 1 is 1.04 bits per heavy atom. The lowest BCUT2D eigenvalue weighted by Crippen LogP contribution is -2.37. The molecule has 0 aliphatic carbocycles. The van der Waals surface area contributed by atoms with Crippen molar-refractivity contribution in [1.29, 1.82) is 0 Å². The first-order chi connectivity index (χ1) is 20.7. The number of carbonyl (C=O) groups is 2. The van der Waals surface area contributed by atoms with Crippen molar-refractivity contribution in [1.82, 2.24) is 10.6 Å². The predicted molar refractivity (Wildman–Crippen MR) is 158 cm³/mol. The number of allylic oxidation sites excluding steroid dienone is 2. The van der Waals surface area contributed by atoms with Crippen LogP contribution in [0.25, 0.3) is 0 Å². The van der Waals surface area contributed by atoms with Gasteiger partial charge in [-0.25, -0.2) is 9.59 Å². The minimum absolute atomic E-state index is 0. The number of hydrogen-bond acceptors (Lipinski definition) is 9. The molecule has 2 atom stereocenters. The summed E-state index contributed by atoms with van der Waals surface area (Å²) in [6.07, 6.45) is -5.07. The van der Waals surface area contributed by atoms with E-state index in [0.717, 1.165) is 30.7 Å². The second-order valence-corrected chi connectivity index (χ2v) is 9.96. The van der Waals surface area contributed by atoms with Crippen LogP contribution in [0.1, 0.15) is 36.8 Å². The predicted octanol–water partition coefficient (Wildman–Crippen LogP) is 4.46. The standard InChI is InChI=1S/C29H32F3N3O9.ClH/c1-16-7-3-4-8-21(16)44-15-19(36)14-33-11-5-6-12-43-22-10-9-18(35(41)42)13-20(22)24-23(27(37)38)17(2)34-26(29(30,31)32)25(24)28(39)40;/h3-4,7-10,13,19,24,33-34,36H,5-6,11-12,14-15H2,1-2H3,(H,37,38)(H,39,40);1H/t19-,24?;/m0./s1. The van der Waals surface area contributed by atoms with Gasteiger partial charge in [0, 0.05) is 29.9 Å². The summed E-state index contributed by atoms with van der Waals surface area (Å²) < 4.78 is 52.9. The number of non-ortho nitro benzene ring substituents is 1. The number of dihydropyridines is 1. The van der Waals surface area contributed by atoms with Crippen LogP contribution in [0.3, 0.4) is 0 Å². The van der Waals surface area contributed by atoms with Gasteiger partial charge in [0.2, 0.25) is 0 Å². The number of aryl methyl sites for hydroxylation is 1. The third-order valence-electron chi connectivity index (χ3n) is 6.73. The topological polar surface area (TPSA) is 180 Å². The first kappa shape index (κ1) is 36.8. The summed E-state index contributed by atoms with van der Waals surface area (Å²) >= 11 is 0. The Labute approximate surface area is 262 Å². The first-order valence-electron chi connectivity index (χ1n) is 13.5. The van der Waals surface area contributed by atoms with E-state index in [1.807, 2.05) is 30.4 Å². The highest BCUT2D eigenvalue weighted by atomic mass is 35.5. The maximum Gasteiger partial charge on any atom is 0.431 e. The van der Waals surface area contributed by atoms with Gasteiger partial charge in [-0.3, -0.25) is 10.1 Å². The van der Waals surface area contributed by atoms with Crippen LogP contribution >= 0.6 is 12.4 Å². The molecule has 1 heterocycles. The molecule has 0 amide bonds. The number of aliphatic hydroxyl groups excluding tert-OH is 1. The monoisotopic (exact) mass is 659 g/mol. The van der Waals surface area contributed by atoms with Crippen molar-refractivity contribution >= 4 is 30.0 Å². The smallest absolute Gasteiger partial charge is 0.431 e. The highest BCUT2D eigenvalue weighted by molar-refractivity contribution is 5.99. The molecule has 12 nitrogen and oxygen atoms in total. The summed E-state index contributed by atoms with van der Waals surface area (Å²) in [7, 11) is 0. The molecule has 1 aliphatic rings. The van der Waals surface area contributed by atoms with Crippen LogP contribution < -0.4 is 20.1 Å². The number of carboxylic acid groups (broad SMARTS) is 2. The summed E-state index contributed by atoms with van der Waals surface area (Å²) in [5, 5.41) is 46.2. The third kappa shape index (κ3) is 9.57. The summed E-state index contributed by atoms with van der Waals surface area (Å²) in [4.78, 5) is 34.9. The number of hydrogen-bond donors (Lipinski definition) is 5. The summed E-state index contributed by atoms with van der Waals surface area (Å²) in [5.74, 6) is -5.35. The van der Waals surface area contributed by atoms with Gasteiger partial charge in [-0.05, 0) is 50.9 Å². The van der Waals surface area contributed by atoms with Crippen molar-refractivity contribution < 1.29 is 52.5 Å². The Balaban J connectivity index is 0.00000705. The van der Waals surface area contributed by atoms with Gasteiger partial charge in [-0.2, -0.15) is 13.2 Å². The molecule has 1 unspecified atom stereocenters.